The van der Waals surface area contributed by atoms with Gasteiger partial charge < -0.3 is 4.57 Å². The molecule has 10 rings (SSSR count). The normalized spacial score (nSPS) is 12.0. The highest BCUT2D eigenvalue weighted by Gasteiger charge is 2.31. The number of thiophene rings is 1. The van der Waals surface area contributed by atoms with Crippen molar-refractivity contribution in [2.45, 2.75) is 13.1 Å². The number of hydrogen-bond donors (Lipinski definition) is 0. The lowest BCUT2D eigenvalue weighted by molar-refractivity contribution is -0.137. The van der Waals surface area contributed by atoms with Crippen molar-refractivity contribution in [1.29, 1.82) is 0 Å². The molecule has 0 unspecified atom stereocenters. The number of aryl methyl sites for hydroxylation is 1. The third-order valence-corrected chi connectivity index (χ3v) is 11.3. The van der Waals surface area contributed by atoms with E-state index in [4.69, 9.17) is 15.0 Å². The predicted molar refractivity (Wildman–Crippen MR) is 219 cm³/mol. The van der Waals surface area contributed by atoms with Gasteiger partial charge in [-0.15, -0.1) is 11.3 Å². The van der Waals surface area contributed by atoms with Gasteiger partial charge in [0.05, 0.1) is 22.3 Å². The molecule has 0 saturated heterocycles. The summed E-state index contributed by atoms with van der Waals surface area (Å²) in [6.45, 7) is 1.99. The quantitative estimate of drug-likeness (QED) is 0.177. The molecule has 3 aromatic heterocycles. The molecule has 0 fully saturated rings. The number of rotatable bonds is 5. The molecule has 7 aromatic carbocycles. The highest BCUT2D eigenvalue weighted by molar-refractivity contribution is 7.25. The van der Waals surface area contributed by atoms with Gasteiger partial charge in [-0.05, 0) is 66.1 Å². The van der Waals surface area contributed by atoms with Gasteiger partial charge in [0.1, 0.15) is 0 Å². The Morgan fingerprint density at radius 3 is 1.75 bits per heavy atom. The van der Waals surface area contributed by atoms with Crippen LogP contribution in [0.15, 0.2) is 158 Å². The van der Waals surface area contributed by atoms with Crippen LogP contribution in [0.4, 0.5) is 13.2 Å². The first kappa shape index (κ1) is 33.0. The number of fused-ring (bicyclic) bond motifs is 6. The lowest BCUT2D eigenvalue weighted by Crippen LogP contribution is -2.06. The van der Waals surface area contributed by atoms with Gasteiger partial charge in [-0.3, -0.25) is 0 Å². The SMILES string of the molecule is Cc1ccc2c3ccc(C(F)(F)F)cc3n(-c3ccc(-c4ccc5c(c4)sc4ccccc45)cc3-c3nc(-c4ccccc4)nc(-c4ccccc4)n3)c2c1. The second-order valence-electron chi connectivity index (χ2n) is 13.7. The van der Waals surface area contributed by atoms with E-state index >= 15 is 0 Å². The van der Waals surface area contributed by atoms with E-state index < -0.39 is 11.7 Å². The predicted octanol–water partition coefficient (Wildman–Crippen LogP) is 13.3. The molecule has 55 heavy (non-hydrogen) atoms. The summed E-state index contributed by atoms with van der Waals surface area (Å²) >= 11 is 1.75. The molecule has 264 valence electrons. The number of halogens is 3. The van der Waals surface area contributed by atoms with Crippen LogP contribution in [0, 0.1) is 6.92 Å². The largest absolute Gasteiger partial charge is 0.416 e. The number of alkyl halides is 3. The first-order chi connectivity index (χ1) is 26.8. The maximum absolute atomic E-state index is 14.3. The third-order valence-electron chi connectivity index (χ3n) is 10.1. The summed E-state index contributed by atoms with van der Waals surface area (Å²) in [6.07, 6.45) is -4.52. The van der Waals surface area contributed by atoms with Gasteiger partial charge in [-0.1, -0.05) is 115 Å². The van der Waals surface area contributed by atoms with Gasteiger partial charge >= 0.3 is 6.18 Å². The highest BCUT2D eigenvalue weighted by atomic mass is 32.1. The Labute approximate surface area is 317 Å². The molecule has 0 bridgehead atoms. The summed E-state index contributed by atoms with van der Waals surface area (Å²) in [7, 11) is 0. The lowest BCUT2D eigenvalue weighted by Gasteiger charge is -2.17. The van der Waals surface area contributed by atoms with Crippen molar-refractivity contribution >= 4 is 53.3 Å². The van der Waals surface area contributed by atoms with Crippen molar-refractivity contribution in [1.82, 2.24) is 19.5 Å². The first-order valence-electron chi connectivity index (χ1n) is 17.8. The molecular formula is C47H29F3N4S. The topological polar surface area (TPSA) is 43.6 Å². The molecule has 0 atom stereocenters. The standard InChI is InChI=1S/C47H29F3N4S/c1-28-16-20-34-35-22-19-33(47(48,49)50)27-41(35)54(40(34)24-28)39-23-18-31(32-17-21-37-36-14-8-9-15-42(36)55-43(37)26-32)25-38(39)46-52-44(29-10-4-2-5-11-29)51-45(53-46)30-12-6-3-7-13-30/h2-27H,1H3. The third kappa shape index (κ3) is 5.73. The van der Waals surface area contributed by atoms with E-state index in [0.29, 0.717) is 34.2 Å². The Morgan fingerprint density at radius 2 is 1.04 bits per heavy atom. The minimum absolute atomic E-state index is 0.405. The van der Waals surface area contributed by atoms with Crippen molar-refractivity contribution in [3.63, 3.8) is 0 Å². The summed E-state index contributed by atoms with van der Waals surface area (Å²) in [4.78, 5) is 15.1. The second-order valence-corrected chi connectivity index (χ2v) is 14.7. The Bertz CT molecular complexity index is 3040. The molecule has 10 aromatic rings. The Hall–Kier alpha value is -6.64. The summed E-state index contributed by atoms with van der Waals surface area (Å²) in [6, 6.07) is 50.4. The van der Waals surface area contributed by atoms with Gasteiger partial charge in [0.2, 0.25) is 0 Å². The molecule has 0 radical (unpaired) electrons. The van der Waals surface area contributed by atoms with E-state index in [9.17, 15) is 13.2 Å². The van der Waals surface area contributed by atoms with E-state index in [1.807, 2.05) is 102 Å². The van der Waals surface area contributed by atoms with Crippen LogP contribution >= 0.6 is 11.3 Å². The zero-order valence-corrected chi connectivity index (χ0v) is 30.2. The van der Waals surface area contributed by atoms with Gasteiger partial charge in [-0.2, -0.15) is 13.2 Å². The van der Waals surface area contributed by atoms with E-state index in [-0.39, 0.29) is 0 Å². The van der Waals surface area contributed by atoms with E-state index in [2.05, 4.69) is 48.5 Å². The van der Waals surface area contributed by atoms with Crippen molar-refractivity contribution in [3.8, 4) is 51.0 Å². The maximum atomic E-state index is 14.3. The maximum Gasteiger partial charge on any atom is 0.416 e. The van der Waals surface area contributed by atoms with Gasteiger partial charge in [0, 0.05) is 47.6 Å². The van der Waals surface area contributed by atoms with Gasteiger partial charge in [-0.25, -0.2) is 15.0 Å². The Morgan fingerprint density at radius 1 is 0.473 bits per heavy atom. The van der Waals surface area contributed by atoms with Crippen LogP contribution in [0.5, 0.6) is 0 Å². The Balaban J connectivity index is 1.28. The fourth-order valence-electron chi connectivity index (χ4n) is 7.49. The number of aromatic nitrogens is 4. The van der Waals surface area contributed by atoms with Crippen LogP contribution in [0.25, 0.3) is 93.0 Å². The minimum Gasteiger partial charge on any atom is -0.308 e. The average Bonchev–Trinajstić information content (AvgIpc) is 3.75. The van der Waals surface area contributed by atoms with Crippen molar-refractivity contribution < 1.29 is 13.2 Å². The van der Waals surface area contributed by atoms with Crippen LogP contribution in [-0.4, -0.2) is 19.5 Å². The molecule has 0 N–H and O–H groups in total. The smallest absolute Gasteiger partial charge is 0.308 e. The summed E-state index contributed by atoms with van der Waals surface area (Å²) in [5.74, 6) is 1.39. The Kier molecular flexibility index (Phi) is 7.64. The first-order valence-corrected chi connectivity index (χ1v) is 18.7. The van der Waals surface area contributed by atoms with Crippen LogP contribution in [0.3, 0.4) is 0 Å². The van der Waals surface area contributed by atoms with E-state index in [1.54, 1.807) is 17.4 Å². The molecule has 3 heterocycles. The molecule has 4 nitrogen and oxygen atoms in total. The van der Waals surface area contributed by atoms with Crippen LogP contribution in [0.2, 0.25) is 0 Å². The summed E-state index contributed by atoms with van der Waals surface area (Å²) in [5, 5.41) is 3.99. The van der Waals surface area contributed by atoms with Gasteiger partial charge in [0.25, 0.3) is 0 Å². The number of hydrogen-bond acceptors (Lipinski definition) is 4. The average molecular weight is 739 g/mol. The number of nitrogens with zero attached hydrogens (tertiary/aromatic N) is 4. The van der Waals surface area contributed by atoms with Crippen LogP contribution in [0.1, 0.15) is 11.1 Å². The van der Waals surface area contributed by atoms with E-state index in [1.165, 1.54) is 26.2 Å². The van der Waals surface area contributed by atoms with Crippen molar-refractivity contribution in [2.75, 3.05) is 0 Å². The number of benzene rings is 7. The molecule has 0 aliphatic carbocycles. The van der Waals surface area contributed by atoms with E-state index in [0.717, 1.165) is 50.2 Å². The second kappa shape index (κ2) is 12.7. The monoisotopic (exact) mass is 738 g/mol. The molecule has 0 aliphatic rings. The zero-order chi connectivity index (χ0) is 37.3. The molecule has 0 spiro atoms. The highest BCUT2D eigenvalue weighted by Crippen LogP contribution is 2.42. The molecule has 0 aliphatic heterocycles. The molecule has 0 amide bonds. The molecule has 8 heteroatoms. The zero-order valence-electron chi connectivity index (χ0n) is 29.3. The fourth-order valence-corrected chi connectivity index (χ4v) is 8.63. The van der Waals surface area contributed by atoms with Crippen molar-refractivity contribution in [2.24, 2.45) is 0 Å². The van der Waals surface area contributed by atoms with Crippen LogP contribution in [-0.2, 0) is 6.18 Å². The molecule has 0 saturated carbocycles. The lowest BCUT2D eigenvalue weighted by atomic mass is 9.99. The van der Waals surface area contributed by atoms with Gasteiger partial charge in [0.15, 0.2) is 17.5 Å². The van der Waals surface area contributed by atoms with Crippen molar-refractivity contribution in [3.05, 3.63) is 169 Å². The van der Waals surface area contributed by atoms with Crippen LogP contribution < -0.4 is 0 Å². The summed E-state index contributed by atoms with van der Waals surface area (Å²) in [5.41, 5.74) is 6.38. The summed E-state index contributed by atoms with van der Waals surface area (Å²) < 4.78 is 47.2. The minimum atomic E-state index is -4.52. The fraction of sp³-hybridized carbons (Fsp3) is 0.0426. The molecular weight excluding hydrogens is 710 g/mol.